The van der Waals surface area contributed by atoms with Crippen molar-refractivity contribution in [2.75, 3.05) is 4.90 Å². The van der Waals surface area contributed by atoms with E-state index in [1.165, 1.54) is 41.3 Å². The molecule has 0 spiro atoms. The van der Waals surface area contributed by atoms with Gasteiger partial charge in [-0.3, -0.25) is 25.0 Å². The molecule has 0 aromatic heterocycles. The number of nitro groups is 2. The lowest BCUT2D eigenvalue weighted by atomic mass is 10.1. The zero-order chi connectivity index (χ0) is 20.1. The summed E-state index contributed by atoms with van der Waals surface area (Å²) >= 11 is 0. The van der Waals surface area contributed by atoms with Gasteiger partial charge in [-0.2, -0.15) is 0 Å². The van der Waals surface area contributed by atoms with Crippen molar-refractivity contribution in [1.82, 2.24) is 0 Å². The summed E-state index contributed by atoms with van der Waals surface area (Å²) in [4.78, 5) is 35.5. The first kappa shape index (κ1) is 18.7. The Bertz CT molecular complexity index is 1040. The number of amides is 1. The number of hydrogen-bond acceptors (Lipinski definition) is 5. The van der Waals surface area contributed by atoms with Crippen molar-refractivity contribution in [2.24, 2.45) is 0 Å². The molecular formula is C20H15N3O5. The van der Waals surface area contributed by atoms with Crippen molar-refractivity contribution in [3.63, 3.8) is 0 Å². The molecule has 1 amide bonds. The molecule has 3 aromatic carbocycles. The molecule has 8 heteroatoms. The van der Waals surface area contributed by atoms with E-state index in [4.69, 9.17) is 0 Å². The zero-order valence-corrected chi connectivity index (χ0v) is 14.6. The summed E-state index contributed by atoms with van der Waals surface area (Å²) in [5.74, 6) is -0.368. The van der Waals surface area contributed by atoms with Crippen molar-refractivity contribution in [2.45, 2.75) is 6.54 Å². The molecule has 0 heterocycles. The van der Waals surface area contributed by atoms with Gasteiger partial charge in [0.25, 0.3) is 17.3 Å². The quantitative estimate of drug-likeness (QED) is 0.469. The maximum absolute atomic E-state index is 13.1. The number of rotatable bonds is 6. The molecule has 3 rings (SSSR count). The van der Waals surface area contributed by atoms with Crippen LogP contribution in [0.15, 0.2) is 78.9 Å². The number of carbonyl (C=O) groups is 1. The normalized spacial score (nSPS) is 10.3. The molecule has 0 fully saturated rings. The summed E-state index contributed by atoms with van der Waals surface area (Å²) < 4.78 is 0. The Hall–Kier alpha value is -4.07. The number of hydrogen-bond donors (Lipinski definition) is 0. The van der Waals surface area contributed by atoms with Crippen LogP contribution in [-0.2, 0) is 6.54 Å². The van der Waals surface area contributed by atoms with Crippen LogP contribution in [0.4, 0.5) is 17.1 Å². The predicted octanol–water partition coefficient (Wildman–Crippen LogP) is 4.35. The van der Waals surface area contributed by atoms with E-state index in [2.05, 4.69) is 0 Å². The summed E-state index contributed by atoms with van der Waals surface area (Å²) in [7, 11) is 0. The third-order valence-corrected chi connectivity index (χ3v) is 4.08. The molecule has 0 atom stereocenters. The highest BCUT2D eigenvalue weighted by Gasteiger charge is 2.21. The van der Waals surface area contributed by atoms with Crippen molar-refractivity contribution in [1.29, 1.82) is 0 Å². The van der Waals surface area contributed by atoms with E-state index in [1.807, 2.05) is 0 Å². The largest absolute Gasteiger partial charge is 0.304 e. The van der Waals surface area contributed by atoms with Gasteiger partial charge in [0.15, 0.2) is 0 Å². The van der Waals surface area contributed by atoms with Crippen LogP contribution < -0.4 is 4.90 Å². The van der Waals surface area contributed by atoms with Gasteiger partial charge in [0.05, 0.1) is 22.1 Å². The van der Waals surface area contributed by atoms with Gasteiger partial charge in [-0.15, -0.1) is 0 Å². The van der Waals surface area contributed by atoms with E-state index in [0.29, 0.717) is 16.8 Å². The summed E-state index contributed by atoms with van der Waals surface area (Å²) in [6, 6.07) is 20.1. The van der Waals surface area contributed by atoms with Crippen molar-refractivity contribution < 1.29 is 14.6 Å². The molecular weight excluding hydrogens is 362 g/mol. The van der Waals surface area contributed by atoms with Gasteiger partial charge in [-0.25, -0.2) is 0 Å². The van der Waals surface area contributed by atoms with Crippen LogP contribution in [0.5, 0.6) is 0 Å². The zero-order valence-electron chi connectivity index (χ0n) is 14.6. The van der Waals surface area contributed by atoms with Crippen LogP contribution in [0.3, 0.4) is 0 Å². The molecule has 3 aromatic rings. The number of non-ortho nitro benzene ring substituents is 2. The van der Waals surface area contributed by atoms with E-state index in [9.17, 15) is 25.0 Å². The average molecular weight is 377 g/mol. The topological polar surface area (TPSA) is 107 Å². The Morgan fingerprint density at radius 2 is 1.39 bits per heavy atom. The minimum atomic E-state index is -0.540. The second kappa shape index (κ2) is 8.09. The average Bonchev–Trinajstić information content (AvgIpc) is 2.72. The van der Waals surface area contributed by atoms with Gasteiger partial charge in [0.1, 0.15) is 0 Å². The third kappa shape index (κ3) is 4.18. The number of anilines is 1. The summed E-state index contributed by atoms with van der Waals surface area (Å²) in [6.45, 7) is 0.0244. The van der Waals surface area contributed by atoms with Gasteiger partial charge in [-0.05, 0) is 23.8 Å². The molecule has 28 heavy (non-hydrogen) atoms. The Morgan fingerprint density at radius 1 is 0.786 bits per heavy atom. The molecule has 8 nitrogen and oxygen atoms in total. The molecule has 0 N–H and O–H groups in total. The number of nitrogens with zero attached hydrogens (tertiary/aromatic N) is 3. The Morgan fingerprint density at radius 3 is 2.04 bits per heavy atom. The Balaban J connectivity index is 2.03. The first-order valence-electron chi connectivity index (χ1n) is 8.30. The first-order chi connectivity index (χ1) is 13.5. The highest BCUT2D eigenvalue weighted by molar-refractivity contribution is 6.06. The highest BCUT2D eigenvalue weighted by Crippen LogP contribution is 2.25. The van der Waals surface area contributed by atoms with Crippen LogP contribution in [0, 0.1) is 20.2 Å². The van der Waals surface area contributed by atoms with Crippen LogP contribution in [0.2, 0.25) is 0 Å². The van der Waals surface area contributed by atoms with Crippen LogP contribution in [0.1, 0.15) is 15.9 Å². The molecule has 0 saturated heterocycles. The lowest BCUT2D eigenvalue weighted by Crippen LogP contribution is -2.30. The molecule has 0 radical (unpaired) electrons. The first-order valence-corrected chi connectivity index (χ1v) is 8.30. The van der Waals surface area contributed by atoms with Crippen LogP contribution in [0.25, 0.3) is 0 Å². The third-order valence-electron chi connectivity index (χ3n) is 4.08. The maximum Gasteiger partial charge on any atom is 0.271 e. The van der Waals surface area contributed by atoms with Gasteiger partial charge in [-0.1, -0.05) is 36.4 Å². The lowest BCUT2D eigenvalue weighted by molar-refractivity contribution is -0.385. The van der Waals surface area contributed by atoms with Gasteiger partial charge in [0.2, 0.25) is 0 Å². The number of carbonyl (C=O) groups excluding carboxylic acids is 1. The molecule has 0 aliphatic rings. The molecule has 0 saturated carbocycles. The van der Waals surface area contributed by atoms with Crippen molar-refractivity contribution in [3.05, 3.63) is 110 Å². The predicted molar refractivity (Wildman–Crippen MR) is 103 cm³/mol. The van der Waals surface area contributed by atoms with Gasteiger partial charge >= 0.3 is 0 Å². The highest BCUT2D eigenvalue weighted by atomic mass is 16.6. The second-order valence-electron chi connectivity index (χ2n) is 5.96. The lowest BCUT2D eigenvalue weighted by Gasteiger charge is -2.23. The summed E-state index contributed by atoms with van der Waals surface area (Å²) in [5, 5.41) is 22.2. The molecule has 0 aliphatic heterocycles. The van der Waals surface area contributed by atoms with E-state index in [0.717, 1.165) is 0 Å². The fraction of sp³-hybridized carbons (Fsp3) is 0.0500. The molecule has 0 aliphatic carbocycles. The SMILES string of the molecule is O=C(c1ccccc1)N(Cc1cccc([N+](=O)[O-])c1)c1cccc([N+](=O)[O-])c1. The van der Waals surface area contributed by atoms with E-state index >= 15 is 0 Å². The Labute approximate surface area is 160 Å². The van der Waals surface area contributed by atoms with E-state index in [-0.39, 0.29) is 23.8 Å². The van der Waals surface area contributed by atoms with Crippen LogP contribution >= 0.6 is 0 Å². The van der Waals surface area contributed by atoms with E-state index < -0.39 is 9.85 Å². The standard InChI is InChI=1S/C20H15N3O5/c24-20(16-7-2-1-3-8-16)21(17-9-5-11-19(13-17)23(27)28)14-15-6-4-10-18(12-15)22(25)26/h1-13H,14H2. The van der Waals surface area contributed by atoms with Gasteiger partial charge in [0, 0.05) is 29.8 Å². The van der Waals surface area contributed by atoms with Crippen molar-refractivity contribution in [3.8, 4) is 0 Å². The summed E-state index contributed by atoms with van der Waals surface area (Å²) in [6.07, 6.45) is 0. The van der Waals surface area contributed by atoms with Crippen molar-refractivity contribution >= 4 is 23.0 Å². The smallest absolute Gasteiger partial charge is 0.271 e. The summed E-state index contributed by atoms with van der Waals surface area (Å²) in [5.41, 5.74) is 1.02. The van der Waals surface area contributed by atoms with Crippen LogP contribution in [-0.4, -0.2) is 15.8 Å². The fourth-order valence-electron chi connectivity index (χ4n) is 2.74. The minimum absolute atomic E-state index is 0.0244. The fourth-order valence-corrected chi connectivity index (χ4v) is 2.74. The van der Waals surface area contributed by atoms with E-state index in [1.54, 1.807) is 42.5 Å². The van der Waals surface area contributed by atoms with Gasteiger partial charge < -0.3 is 4.90 Å². The second-order valence-corrected chi connectivity index (χ2v) is 5.96. The molecule has 0 unspecified atom stereocenters. The molecule has 0 bridgehead atoms. The number of nitro benzene ring substituents is 2. The monoisotopic (exact) mass is 377 g/mol. The Kier molecular flexibility index (Phi) is 5.40. The maximum atomic E-state index is 13.1. The minimum Gasteiger partial charge on any atom is -0.304 e. The molecule has 140 valence electrons. The number of benzene rings is 3.